The van der Waals surface area contributed by atoms with Crippen molar-refractivity contribution in [3.05, 3.63) is 34.3 Å². The molecule has 2 aliphatic rings. The number of carbonyl (C=O) groups is 1. The van der Waals surface area contributed by atoms with E-state index < -0.39 is 0 Å². The molecule has 1 N–H and O–H groups in total. The van der Waals surface area contributed by atoms with Crippen molar-refractivity contribution in [2.75, 3.05) is 7.05 Å². The Kier molecular flexibility index (Phi) is 3.63. The molecule has 4 heteroatoms. The summed E-state index contributed by atoms with van der Waals surface area (Å²) in [5.74, 6) is 0.0430. The van der Waals surface area contributed by atoms with Gasteiger partial charge < -0.3 is 10.2 Å². The van der Waals surface area contributed by atoms with E-state index in [1.54, 1.807) is 0 Å². The van der Waals surface area contributed by atoms with E-state index in [2.05, 4.69) is 33.2 Å². The molecule has 1 aromatic carbocycles. The zero-order valence-electron chi connectivity index (χ0n) is 11.1. The Hall–Kier alpha value is -0.870. The average Bonchev–Trinajstić information content (AvgIpc) is 2.63. The van der Waals surface area contributed by atoms with E-state index in [0.717, 1.165) is 22.9 Å². The van der Waals surface area contributed by atoms with Crippen LogP contribution in [-0.4, -0.2) is 36.0 Å². The van der Waals surface area contributed by atoms with Crippen molar-refractivity contribution < 1.29 is 4.79 Å². The monoisotopic (exact) mass is 322 g/mol. The number of hydrogen-bond donors (Lipinski definition) is 1. The molecule has 1 aromatic rings. The minimum Gasteiger partial charge on any atom is -0.349 e. The fourth-order valence-corrected chi connectivity index (χ4v) is 3.90. The van der Waals surface area contributed by atoms with Crippen LogP contribution in [0.15, 0.2) is 28.7 Å². The van der Waals surface area contributed by atoms with Crippen LogP contribution in [0.5, 0.6) is 0 Å². The van der Waals surface area contributed by atoms with Gasteiger partial charge in [-0.3, -0.25) is 4.79 Å². The Bertz CT molecular complexity index is 477. The van der Waals surface area contributed by atoms with Crippen molar-refractivity contribution in [2.24, 2.45) is 0 Å². The molecule has 2 unspecified atom stereocenters. The van der Waals surface area contributed by atoms with Gasteiger partial charge in [0.1, 0.15) is 0 Å². The highest BCUT2D eigenvalue weighted by molar-refractivity contribution is 9.10. The first-order chi connectivity index (χ1) is 9.15. The van der Waals surface area contributed by atoms with Crippen molar-refractivity contribution in [3.8, 4) is 0 Å². The third-order valence-corrected chi connectivity index (χ3v) is 5.24. The number of fused-ring (bicyclic) bond motifs is 2. The van der Waals surface area contributed by atoms with Crippen molar-refractivity contribution in [2.45, 2.75) is 43.8 Å². The normalized spacial score (nSPS) is 30.3. The maximum atomic E-state index is 12.3. The van der Waals surface area contributed by atoms with Gasteiger partial charge >= 0.3 is 0 Å². The number of hydrogen-bond acceptors (Lipinski definition) is 2. The standard InChI is InChI=1S/C15H19BrN2O/c1-18-11-6-7-12(18)9-10(8-11)17-15(19)13-4-2-3-5-14(13)16/h2-5,10-12H,6-9H2,1H3,(H,17,19). The summed E-state index contributed by atoms with van der Waals surface area (Å²) in [4.78, 5) is 14.8. The predicted octanol–water partition coefficient (Wildman–Crippen LogP) is 2.80. The van der Waals surface area contributed by atoms with Crippen LogP contribution in [0.1, 0.15) is 36.0 Å². The second kappa shape index (κ2) is 5.25. The average molecular weight is 323 g/mol. The predicted molar refractivity (Wildman–Crippen MR) is 79.2 cm³/mol. The Morgan fingerprint density at radius 2 is 1.89 bits per heavy atom. The first-order valence-corrected chi connectivity index (χ1v) is 7.72. The highest BCUT2D eigenvalue weighted by Gasteiger charge is 2.38. The molecule has 2 bridgehead atoms. The van der Waals surface area contributed by atoms with Crippen molar-refractivity contribution in [3.63, 3.8) is 0 Å². The highest BCUT2D eigenvalue weighted by Crippen LogP contribution is 2.34. The lowest BCUT2D eigenvalue weighted by Crippen LogP contribution is -2.48. The molecule has 3 rings (SSSR count). The molecule has 1 amide bonds. The Morgan fingerprint density at radius 1 is 1.26 bits per heavy atom. The third kappa shape index (κ3) is 2.56. The number of benzene rings is 1. The van der Waals surface area contributed by atoms with Crippen LogP contribution in [0.4, 0.5) is 0 Å². The summed E-state index contributed by atoms with van der Waals surface area (Å²) in [6, 6.07) is 9.24. The number of nitrogens with one attached hydrogen (secondary N) is 1. The van der Waals surface area contributed by atoms with E-state index in [9.17, 15) is 4.79 Å². The number of nitrogens with zero attached hydrogens (tertiary/aromatic N) is 1. The topological polar surface area (TPSA) is 32.3 Å². The van der Waals surface area contributed by atoms with E-state index in [0.29, 0.717) is 18.1 Å². The number of halogens is 1. The smallest absolute Gasteiger partial charge is 0.252 e. The molecule has 0 aliphatic carbocycles. The summed E-state index contributed by atoms with van der Waals surface area (Å²) < 4.78 is 0.864. The van der Waals surface area contributed by atoms with Crippen LogP contribution in [0, 0.1) is 0 Å². The van der Waals surface area contributed by atoms with E-state index in [1.165, 1.54) is 12.8 Å². The quantitative estimate of drug-likeness (QED) is 0.908. The Labute approximate surface area is 122 Å². The molecule has 102 valence electrons. The van der Waals surface area contributed by atoms with E-state index in [-0.39, 0.29) is 5.91 Å². The van der Waals surface area contributed by atoms with E-state index >= 15 is 0 Å². The molecule has 2 atom stereocenters. The van der Waals surface area contributed by atoms with Crippen molar-refractivity contribution in [1.82, 2.24) is 10.2 Å². The zero-order chi connectivity index (χ0) is 13.4. The van der Waals surface area contributed by atoms with E-state index in [4.69, 9.17) is 0 Å². The number of amides is 1. The molecule has 3 nitrogen and oxygen atoms in total. The fourth-order valence-electron chi connectivity index (χ4n) is 3.44. The molecule has 2 aliphatic heterocycles. The summed E-state index contributed by atoms with van der Waals surface area (Å²) in [5.41, 5.74) is 0.730. The first-order valence-electron chi connectivity index (χ1n) is 6.92. The van der Waals surface area contributed by atoms with Crippen LogP contribution < -0.4 is 5.32 Å². The Morgan fingerprint density at radius 3 is 2.53 bits per heavy atom. The Balaban J connectivity index is 1.67. The first kappa shape index (κ1) is 13.1. The molecular weight excluding hydrogens is 304 g/mol. The van der Waals surface area contributed by atoms with Gasteiger partial charge in [0.15, 0.2) is 0 Å². The van der Waals surface area contributed by atoms with Gasteiger partial charge in [0.2, 0.25) is 0 Å². The van der Waals surface area contributed by atoms with Gasteiger partial charge in [-0.15, -0.1) is 0 Å². The van der Waals surface area contributed by atoms with Crippen molar-refractivity contribution in [1.29, 1.82) is 0 Å². The molecular formula is C15H19BrN2O. The lowest BCUT2D eigenvalue weighted by atomic mass is 9.97. The summed E-state index contributed by atoms with van der Waals surface area (Å²) in [7, 11) is 2.22. The second-order valence-corrected chi connectivity index (χ2v) is 6.53. The largest absolute Gasteiger partial charge is 0.349 e. The van der Waals surface area contributed by atoms with Crippen LogP contribution in [0.25, 0.3) is 0 Å². The van der Waals surface area contributed by atoms with E-state index in [1.807, 2.05) is 24.3 Å². The summed E-state index contributed by atoms with van der Waals surface area (Å²) in [6.45, 7) is 0. The molecule has 2 heterocycles. The second-order valence-electron chi connectivity index (χ2n) is 5.67. The molecule has 19 heavy (non-hydrogen) atoms. The van der Waals surface area contributed by atoms with Gasteiger partial charge in [0, 0.05) is 22.6 Å². The van der Waals surface area contributed by atoms with Gasteiger partial charge in [0.25, 0.3) is 5.91 Å². The van der Waals surface area contributed by atoms with Crippen molar-refractivity contribution >= 4 is 21.8 Å². The molecule has 2 saturated heterocycles. The molecule has 0 spiro atoms. The lowest BCUT2D eigenvalue weighted by Gasteiger charge is -2.36. The molecule has 0 aromatic heterocycles. The SMILES string of the molecule is CN1C2CCC1CC(NC(=O)c1ccccc1Br)C2. The molecule has 2 fully saturated rings. The van der Waals surface area contributed by atoms with Crippen LogP contribution in [0.3, 0.4) is 0 Å². The summed E-state index contributed by atoms with van der Waals surface area (Å²) in [6.07, 6.45) is 4.73. The van der Waals surface area contributed by atoms with Gasteiger partial charge in [-0.25, -0.2) is 0 Å². The number of rotatable bonds is 2. The van der Waals surface area contributed by atoms with Gasteiger partial charge in [-0.2, -0.15) is 0 Å². The molecule has 0 radical (unpaired) electrons. The third-order valence-electron chi connectivity index (χ3n) is 4.55. The van der Waals surface area contributed by atoms with Crippen LogP contribution in [0.2, 0.25) is 0 Å². The maximum absolute atomic E-state index is 12.3. The lowest BCUT2D eigenvalue weighted by molar-refractivity contribution is 0.0881. The van der Waals surface area contributed by atoms with Gasteiger partial charge in [-0.05, 0) is 60.8 Å². The molecule has 0 saturated carbocycles. The zero-order valence-corrected chi connectivity index (χ0v) is 12.7. The van der Waals surface area contributed by atoms with Gasteiger partial charge in [-0.1, -0.05) is 12.1 Å². The fraction of sp³-hybridized carbons (Fsp3) is 0.533. The summed E-state index contributed by atoms with van der Waals surface area (Å²) in [5, 5.41) is 3.20. The number of piperidine rings is 1. The van der Waals surface area contributed by atoms with Crippen LogP contribution in [-0.2, 0) is 0 Å². The minimum absolute atomic E-state index is 0.0430. The maximum Gasteiger partial charge on any atom is 0.252 e. The van der Waals surface area contributed by atoms with Gasteiger partial charge in [0.05, 0.1) is 5.56 Å². The summed E-state index contributed by atoms with van der Waals surface area (Å²) >= 11 is 3.44. The highest BCUT2D eigenvalue weighted by atomic mass is 79.9. The minimum atomic E-state index is 0.0430. The van der Waals surface area contributed by atoms with Crippen LogP contribution >= 0.6 is 15.9 Å². The number of carbonyl (C=O) groups excluding carboxylic acids is 1.